The summed E-state index contributed by atoms with van der Waals surface area (Å²) in [6, 6.07) is 14.0. The number of aromatic amines is 1. The number of likely N-dealkylation sites (N-methyl/N-ethyl adjacent to an activating group) is 1. The fourth-order valence-electron chi connectivity index (χ4n) is 6.07. The van der Waals surface area contributed by atoms with E-state index in [1.807, 2.05) is 18.0 Å². The molecule has 3 aromatic carbocycles. The zero-order chi connectivity index (χ0) is 28.5. The highest BCUT2D eigenvalue weighted by Gasteiger charge is 2.23. The van der Waals surface area contributed by atoms with Gasteiger partial charge in [0.15, 0.2) is 11.6 Å². The van der Waals surface area contributed by atoms with Gasteiger partial charge in [0, 0.05) is 60.1 Å². The van der Waals surface area contributed by atoms with Crippen molar-refractivity contribution in [1.29, 1.82) is 0 Å². The first kappa shape index (κ1) is 27.2. The van der Waals surface area contributed by atoms with Crippen molar-refractivity contribution >= 4 is 33.6 Å². The van der Waals surface area contributed by atoms with Crippen molar-refractivity contribution in [1.82, 2.24) is 19.7 Å². The number of nitrogens with one attached hydrogen (secondary N) is 1. The topological polar surface area (TPSA) is 94.9 Å². The van der Waals surface area contributed by atoms with Gasteiger partial charge in [-0.25, -0.2) is 4.39 Å². The average molecular weight is 558 g/mol. The Morgan fingerprint density at radius 2 is 1.73 bits per heavy atom. The van der Waals surface area contributed by atoms with E-state index in [4.69, 9.17) is 10.5 Å². The van der Waals surface area contributed by atoms with Crippen LogP contribution in [0.15, 0.2) is 48.5 Å². The summed E-state index contributed by atoms with van der Waals surface area (Å²) in [7, 11) is 2.05. The predicted octanol–water partition coefficient (Wildman–Crippen LogP) is 4.48. The summed E-state index contributed by atoms with van der Waals surface area (Å²) in [6.07, 6.45) is 3.65. The number of piperidine rings is 1. The van der Waals surface area contributed by atoms with Gasteiger partial charge < -0.3 is 25.3 Å². The summed E-state index contributed by atoms with van der Waals surface area (Å²) < 4.78 is 21.8. The Bertz CT molecular complexity index is 1600. The monoisotopic (exact) mass is 557 g/mol. The molecule has 3 N–H and O–H groups in total. The molecule has 2 aliphatic heterocycles. The van der Waals surface area contributed by atoms with Gasteiger partial charge in [-0.2, -0.15) is 0 Å². The smallest absolute Gasteiger partial charge is 0.254 e. The van der Waals surface area contributed by atoms with E-state index < -0.39 is 11.7 Å². The number of fused-ring (bicyclic) bond motifs is 3. The van der Waals surface area contributed by atoms with Gasteiger partial charge in [0.05, 0.1) is 11.1 Å². The lowest BCUT2D eigenvalue weighted by Gasteiger charge is -2.32. The maximum absolute atomic E-state index is 15.9. The minimum absolute atomic E-state index is 0.0329. The van der Waals surface area contributed by atoms with Crippen molar-refractivity contribution < 1.29 is 18.7 Å². The number of H-pyrrole nitrogens is 1. The Hall–Kier alpha value is -3.95. The highest BCUT2D eigenvalue weighted by molar-refractivity contribution is 6.20. The number of halogens is 1. The van der Waals surface area contributed by atoms with Gasteiger partial charge >= 0.3 is 0 Å². The van der Waals surface area contributed by atoms with Crippen LogP contribution >= 0.6 is 0 Å². The van der Waals surface area contributed by atoms with Crippen LogP contribution in [-0.2, 0) is 0 Å². The summed E-state index contributed by atoms with van der Waals surface area (Å²) >= 11 is 0. The summed E-state index contributed by atoms with van der Waals surface area (Å²) in [4.78, 5) is 35.3. The number of aromatic nitrogens is 1. The number of likely N-dealkylation sites (tertiary alicyclic amines) is 1. The first-order valence-corrected chi connectivity index (χ1v) is 14.4. The molecule has 0 saturated carbocycles. The SMILES string of the molecule is CN1CCN(C(=O)c2ccc3c(c2)[nH]c2c(C(N)=O)ccc(-c4cccc(OCCN5CCCCC5)c4F)c23)CC1. The first-order chi connectivity index (χ1) is 19.9. The van der Waals surface area contributed by atoms with Gasteiger partial charge in [0.2, 0.25) is 0 Å². The molecule has 6 rings (SSSR count). The van der Waals surface area contributed by atoms with Crippen LogP contribution in [0.1, 0.15) is 40.0 Å². The molecule has 3 heterocycles. The number of carbonyl (C=O) groups excluding carboxylic acids is 2. The molecule has 9 heteroatoms. The van der Waals surface area contributed by atoms with Crippen molar-refractivity contribution in [2.75, 3.05) is 59.5 Å². The number of hydrogen-bond acceptors (Lipinski definition) is 5. The maximum Gasteiger partial charge on any atom is 0.254 e. The van der Waals surface area contributed by atoms with Crippen LogP contribution in [0, 0.1) is 5.82 Å². The molecule has 214 valence electrons. The van der Waals surface area contributed by atoms with E-state index in [0.29, 0.717) is 58.4 Å². The van der Waals surface area contributed by atoms with E-state index in [1.54, 1.807) is 42.5 Å². The van der Waals surface area contributed by atoms with E-state index in [0.717, 1.165) is 38.1 Å². The van der Waals surface area contributed by atoms with Gasteiger partial charge in [-0.05, 0) is 62.8 Å². The van der Waals surface area contributed by atoms with Crippen molar-refractivity contribution in [2.24, 2.45) is 5.73 Å². The zero-order valence-electron chi connectivity index (χ0n) is 23.4. The third-order valence-electron chi connectivity index (χ3n) is 8.42. The molecule has 0 radical (unpaired) electrons. The largest absolute Gasteiger partial charge is 0.489 e. The quantitative estimate of drug-likeness (QED) is 0.350. The second-order valence-electron chi connectivity index (χ2n) is 11.1. The van der Waals surface area contributed by atoms with Gasteiger partial charge in [0.25, 0.3) is 11.8 Å². The number of piperazine rings is 1. The minimum atomic E-state index is -0.586. The number of primary amides is 1. The van der Waals surface area contributed by atoms with E-state index >= 15 is 4.39 Å². The number of ether oxygens (including phenoxy) is 1. The average Bonchev–Trinajstić information content (AvgIpc) is 3.37. The first-order valence-electron chi connectivity index (χ1n) is 14.4. The van der Waals surface area contributed by atoms with Gasteiger partial charge in [-0.15, -0.1) is 0 Å². The lowest BCUT2D eigenvalue weighted by molar-refractivity contribution is 0.0664. The molecular formula is C32H36FN5O3. The Balaban J connectivity index is 1.36. The number of carbonyl (C=O) groups is 2. The molecule has 8 nitrogen and oxygen atoms in total. The lowest BCUT2D eigenvalue weighted by atomic mass is 9.96. The van der Waals surface area contributed by atoms with E-state index in [-0.39, 0.29) is 11.7 Å². The molecule has 2 aliphatic rings. The van der Waals surface area contributed by atoms with Crippen LogP contribution in [0.25, 0.3) is 32.9 Å². The fraction of sp³-hybridized carbons (Fsp3) is 0.375. The summed E-state index contributed by atoms with van der Waals surface area (Å²) in [5, 5.41) is 1.46. The van der Waals surface area contributed by atoms with E-state index in [1.165, 1.54) is 19.3 Å². The molecule has 2 amide bonds. The van der Waals surface area contributed by atoms with Gasteiger partial charge in [0.1, 0.15) is 6.61 Å². The maximum atomic E-state index is 15.9. The highest BCUT2D eigenvalue weighted by atomic mass is 19.1. The van der Waals surface area contributed by atoms with Crippen LogP contribution in [0.2, 0.25) is 0 Å². The van der Waals surface area contributed by atoms with Gasteiger partial charge in [-0.1, -0.05) is 30.7 Å². The van der Waals surface area contributed by atoms with E-state index in [2.05, 4.69) is 14.8 Å². The molecule has 0 aliphatic carbocycles. The molecule has 1 aromatic heterocycles. The van der Waals surface area contributed by atoms with Crippen molar-refractivity contribution in [3.05, 3.63) is 65.5 Å². The van der Waals surface area contributed by atoms with Crippen LogP contribution in [0.4, 0.5) is 4.39 Å². The molecule has 2 fully saturated rings. The molecule has 0 spiro atoms. The Labute approximate surface area is 238 Å². The zero-order valence-corrected chi connectivity index (χ0v) is 23.4. The molecule has 2 saturated heterocycles. The van der Waals surface area contributed by atoms with E-state index in [9.17, 15) is 9.59 Å². The van der Waals surface area contributed by atoms with Crippen molar-refractivity contribution in [3.8, 4) is 16.9 Å². The predicted molar refractivity (Wildman–Crippen MR) is 159 cm³/mol. The van der Waals surface area contributed by atoms with Crippen molar-refractivity contribution in [3.63, 3.8) is 0 Å². The minimum Gasteiger partial charge on any atom is -0.489 e. The number of benzene rings is 3. The van der Waals surface area contributed by atoms with Gasteiger partial charge in [-0.3, -0.25) is 14.5 Å². The second kappa shape index (κ2) is 11.5. The molecule has 0 bridgehead atoms. The Morgan fingerprint density at radius 3 is 2.49 bits per heavy atom. The Kier molecular flexibility index (Phi) is 7.64. The summed E-state index contributed by atoms with van der Waals surface area (Å²) in [5.41, 5.74) is 8.79. The molecular weight excluding hydrogens is 521 g/mol. The standard InChI is InChI=1S/C32H36FN5O3/c1-36-14-16-38(17-15-36)32(40)21-8-9-24-26(20-21)35-30-25(31(34)39)11-10-22(28(24)30)23-6-5-7-27(29(23)33)41-19-18-37-12-3-2-4-13-37/h5-11,20,35H,2-4,12-19H2,1H3,(H2,34,39). The number of amides is 2. The fourth-order valence-corrected chi connectivity index (χ4v) is 6.07. The number of rotatable bonds is 7. The van der Waals surface area contributed by atoms with Crippen LogP contribution in [0.5, 0.6) is 5.75 Å². The normalized spacial score (nSPS) is 16.9. The second-order valence-corrected chi connectivity index (χ2v) is 11.1. The highest BCUT2D eigenvalue weighted by Crippen LogP contribution is 2.39. The molecule has 4 aromatic rings. The van der Waals surface area contributed by atoms with Crippen LogP contribution < -0.4 is 10.5 Å². The molecule has 41 heavy (non-hydrogen) atoms. The Morgan fingerprint density at radius 1 is 0.951 bits per heavy atom. The summed E-state index contributed by atoms with van der Waals surface area (Å²) in [5.74, 6) is -0.867. The third kappa shape index (κ3) is 5.39. The molecule has 0 atom stereocenters. The lowest BCUT2D eigenvalue weighted by Crippen LogP contribution is -2.47. The van der Waals surface area contributed by atoms with Crippen LogP contribution in [-0.4, -0.2) is 91.0 Å². The number of nitrogens with zero attached hydrogens (tertiary/aromatic N) is 3. The molecule has 0 unspecified atom stereocenters. The van der Waals surface area contributed by atoms with Crippen LogP contribution in [0.3, 0.4) is 0 Å². The third-order valence-corrected chi connectivity index (χ3v) is 8.42. The van der Waals surface area contributed by atoms with Crippen molar-refractivity contribution in [2.45, 2.75) is 19.3 Å². The number of nitrogens with two attached hydrogens (primary N) is 1. The number of hydrogen-bond donors (Lipinski definition) is 2. The summed E-state index contributed by atoms with van der Waals surface area (Å²) in [6.45, 7) is 6.29.